The molecule has 0 saturated heterocycles. The zero-order valence-electron chi connectivity index (χ0n) is 17.0. The molecule has 2 heterocycles. The maximum atomic E-state index is 14.4. The first kappa shape index (κ1) is 23.9. The molecule has 5 N–H and O–H groups in total. The van der Waals surface area contributed by atoms with Crippen LogP contribution in [0.4, 0.5) is 10.1 Å². The molecule has 0 fully saturated rings. The van der Waals surface area contributed by atoms with Crippen LogP contribution in [-0.2, 0) is 10.8 Å². The van der Waals surface area contributed by atoms with Crippen LogP contribution in [0.25, 0.3) is 0 Å². The van der Waals surface area contributed by atoms with E-state index in [9.17, 15) is 13.4 Å². The van der Waals surface area contributed by atoms with Crippen molar-refractivity contribution in [1.29, 1.82) is 0 Å². The summed E-state index contributed by atoms with van der Waals surface area (Å²) in [5.74, 6) is -0.589. The van der Waals surface area contributed by atoms with Crippen LogP contribution >= 0.6 is 11.6 Å². The van der Waals surface area contributed by atoms with E-state index in [0.29, 0.717) is 10.7 Å². The van der Waals surface area contributed by atoms with Crippen molar-refractivity contribution in [2.75, 3.05) is 17.6 Å². The van der Waals surface area contributed by atoms with Gasteiger partial charge in [0.25, 0.3) is 5.91 Å². The van der Waals surface area contributed by atoms with Gasteiger partial charge in [-0.05, 0) is 50.7 Å². The third-order valence-electron chi connectivity index (χ3n) is 4.36. The van der Waals surface area contributed by atoms with Gasteiger partial charge in [0.1, 0.15) is 17.3 Å². The number of benzene rings is 1. The maximum Gasteiger partial charge on any atom is 0.274 e. The summed E-state index contributed by atoms with van der Waals surface area (Å²) in [6.07, 6.45) is 1.36. The summed E-state index contributed by atoms with van der Waals surface area (Å²) >= 11 is 5.76. The van der Waals surface area contributed by atoms with Crippen LogP contribution in [0.2, 0.25) is 5.02 Å². The van der Waals surface area contributed by atoms with Gasteiger partial charge in [-0.1, -0.05) is 18.5 Å². The number of hydrogen-bond acceptors (Lipinski definition) is 6. The number of aromatic nitrogens is 1. The lowest BCUT2D eigenvalue weighted by Gasteiger charge is -2.31. The fourth-order valence-corrected chi connectivity index (χ4v) is 3.93. The highest BCUT2D eigenvalue weighted by atomic mass is 35.5. The number of nitrogens with one attached hydrogen (secondary N) is 1. The van der Waals surface area contributed by atoms with E-state index >= 15 is 0 Å². The first-order valence-electron chi connectivity index (χ1n) is 9.24. The van der Waals surface area contributed by atoms with Crippen molar-refractivity contribution in [3.05, 3.63) is 58.6 Å². The summed E-state index contributed by atoms with van der Waals surface area (Å²) in [5.41, 5.74) is 11.6. The number of nitrogens with two attached hydrogens (primary N) is 2. The van der Waals surface area contributed by atoms with Crippen molar-refractivity contribution in [2.45, 2.75) is 31.6 Å². The summed E-state index contributed by atoms with van der Waals surface area (Å²) in [6.45, 7) is 6.13. The van der Waals surface area contributed by atoms with E-state index in [1.807, 2.05) is 6.92 Å². The van der Waals surface area contributed by atoms with E-state index in [2.05, 4.69) is 15.3 Å². The summed E-state index contributed by atoms with van der Waals surface area (Å²) in [6, 6.07) is 6.50. The quantitative estimate of drug-likeness (QED) is 0.659. The summed E-state index contributed by atoms with van der Waals surface area (Å²) < 4.78 is 26.0. The molecule has 2 atom stereocenters. The second-order valence-electron chi connectivity index (χ2n) is 7.01. The SMILES string of the molecule is CC1(C)C(N)=NC(c2cc(NC(=O)c3ccc(Cl)cn3)ccc2F)CS1=O.CCN. The molecule has 1 aliphatic heterocycles. The molecule has 0 saturated carbocycles. The van der Waals surface area contributed by atoms with Gasteiger partial charge in [-0.3, -0.25) is 14.0 Å². The van der Waals surface area contributed by atoms with E-state index in [0.717, 1.165) is 6.54 Å². The molecule has 2 aromatic rings. The largest absolute Gasteiger partial charge is 0.386 e. The topological polar surface area (TPSA) is 123 Å². The maximum absolute atomic E-state index is 14.4. The molecule has 1 aliphatic rings. The smallest absolute Gasteiger partial charge is 0.274 e. The number of hydrogen-bond donors (Lipinski definition) is 3. The highest BCUT2D eigenvalue weighted by Crippen LogP contribution is 2.32. The fraction of sp³-hybridized carbons (Fsp3) is 0.350. The number of aliphatic imine (C=N–C) groups is 1. The number of carbonyl (C=O) groups excluding carboxylic acids is 1. The molecule has 0 spiro atoms. The molecule has 162 valence electrons. The Hall–Kier alpha value is -2.36. The zero-order chi connectivity index (χ0) is 22.5. The predicted octanol–water partition coefficient (Wildman–Crippen LogP) is 3.03. The molecule has 1 aromatic heterocycles. The standard InChI is InChI=1S/C18H18ClFN4O2S.C2H7N/c1-18(2)17(21)24-15(9-27(18)26)12-7-11(4-5-13(12)20)23-16(25)14-6-3-10(19)8-22-14;1-2-3/h3-8,15H,9H2,1-2H3,(H2,21,24)(H,23,25);2-3H2,1H3. The third kappa shape index (κ3) is 5.62. The average Bonchev–Trinajstić information content (AvgIpc) is 2.68. The second-order valence-corrected chi connectivity index (χ2v) is 9.49. The van der Waals surface area contributed by atoms with Crippen molar-refractivity contribution < 1.29 is 13.4 Å². The average molecular weight is 454 g/mol. The molecule has 1 amide bonds. The van der Waals surface area contributed by atoms with Gasteiger partial charge in [0.2, 0.25) is 0 Å². The Morgan fingerprint density at radius 1 is 1.37 bits per heavy atom. The van der Waals surface area contributed by atoms with Gasteiger partial charge in [-0.2, -0.15) is 0 Å². The first-order valence-corrected chi connectivity index (χ1v) is 10.9. The molecule has 0 aliphatic carbocycles. The molecule has 7 nitrogen and oxygen atoms in total. The Kier molecular flexibility index (Phi) is 8.05. The number of amidine groups is 1. The third-order valence-corrected chi connectivity index (χ3v) is 6.55. The minimum atomic E-state index is -1.30. The molecule has 3 rings (SSSR count). The molecule has 0 bridgehead atoms. The molecule has 2 unspecified atom stereocenters. The monoisotopic (exact) mass is 453 g/mol. The van der Waals surface area contributed by atoms with Gasteiger partial charge < -0.3 is 16.8 Å². The van der Waals surface area contributed by atoms with E-state index in [1.54, 1.807) is 19.9 Å². The predicted molar refractivity (Wildman–Crippen MR) is 120 cm³/mol. The van der Waals surface area contributed by atoms with Gasteiger partial charge in [-0.25, -0.2) is 9.37 Å². The molecule has 30 heavy (non-hydrogen) atoms. The lowest BCUT2D eigenvalue weighted by atomic mass is 10.1. The number of pyridine rings is 1. The van der Waals surface area contributed by atoms with E-state index < -0.39 is 33.3 Å². The Morgan fingerprint density at radius 3 is 2.60 bits per heavy atom. The van der Waals surface area contributed by atoms with E-state index in [1.165, 1.54) is 30.5 Å². The normalized spacial score (nSPS) is 19.9. The summed E-state index contributed by atoms with van der Waals surface area (Å²) in [5, 5.41) is 3.07. The molecular formula is C20H25ClFN5O2S. The number of carbonyl (C=O) groups is 1. The molecule has 0 radical (unpaired) electrons. The van der Waals surface area contributed by atoms with Crippen LogP contribution in [-0.4, -0.2) is 38.0 Å². The van der Waals surface area contributed by atoms with Crippen LogP contribution in [0.3, 0.4) is 0 Å². The lowest BCUT2D eigenvalue weighted by Crippen LogP contribution is -2.47. The van der Waals surface area contributed by atoms with Gasteiger partial charge in [0.15, 0.2) is 0 Å². The first-order chi connectivity index (χ1) is 14.1. The Morgan fingerprint density at radius 2 is 2.03 bits per heavy atom. The number of rotatable bonds is 3. The van der Waals surface area contributed by atoms with E-state index in [-0.39, 0.29) is 22.8 Å². The minimum absolute atomic E-state index is 0.154. The zero-order valence-corrected chi connectivity index (χ0v) is 18.6. The van der Waals surface area contributed by atoms with Crippen LogP contribution in [0, 0.1) is 5.82 Å². The highest BCUT2D eigenvalue weighted by Gasteiger charge is 2.37. The van der Waals surface area contributed by atoms with Crippen molar-refractivity contribution in [3.63, 3.8) is 0 Å². The van der Waals surface area contributed by atoms with Crippen molar-refractivity contribution in [1.82, 2.24) is 4.98 Å². The fourth-order valence-electron chi connectivity index (χ4n) is 2.57. The van der Waals surface area contributed by atoms with Crippen LogP contribution < -0.4 is 16.8 Å². The number of halogens is 2. The van der Waals surface area contributed by atoms with Crippen molar-refractivity contribution >= 4 is 39.8 Å². The minimum Gasteiger partial charge on any atom is -0.386 e. The number of amides is 1. The number of nitrogens with zero attached hydrogens (tertiary/aromatic N) is 2. The summed E-state index contributed by atoms with van der Waals surface area (Å²) in [4.78, 5) is 20.6. The van der Waals surface area contributed by atoms with Crippen molar-refractivity contribution in [3.8, 4) is 0 Å². The van der Waals surface area contributed by atoms with E-state index in [4.69, 9.17) is 23.1 Å². The van der Waals surface area contributed by atoms with Gasteiger partial charge in [-0.15, -0.1) is 0 Å². The molecule has 10 heteroatoms. The summed E-state index contributed by atoms with van der Waals surface area (Å²) in [7, 11) is -1.30. The van der Waals surface area contributed by atoms with Gasteiger partial charge >= 0.3 is 0 Å². The van der Waals surface area contributed by atoms with Crippen LogP contribution in [0.5, 0.6) is 0 Å². The Bertz CT molecular complexity index is 966. The van der Waals surface area contributed by atoms with Gasteiger partial charge in [0, 0.05) is 28.2 Å². The lowest BCUT2D eigenvalue weighted by molar-refractivity contribution is 0.102. The Balaban J connectivity index is 0.00000101. The highest BCUT2D eigenvalue weighted by molar-refractivity contribution is 7.87. The Labute approximate surface area is 182 Å². The second kappa shape index (κ2) is 10.1. The molecular weight excluding hydrogens is 429 g/mol. The number of anilines is 1. The van der Waals surface area contributed by atoms with Gasteiger partial charge in [0.05, 0.1) is 21.6 Å². The van der Waals surface area contributed by atoms with Crippen LogP contribution in [0.15, 0.2) is 41.5 Å². The van der Waals surface area contributed by atoms with Crippen molar-refractivity contribution in [2.24, 2.45) is 16.5 Å². The molecule has 1 aromatic carbocycles. The van der Waals surface area contributed by atoms with Crippen LogP contribution in [0.1, 0.15) is 42.9 Å².